The first-order valence-electron chi connectivity index (χ1n) is 14.6. The molecule has 0 aromatic carbocycles. The van der Waals surface area contributed by atoms with Gasteiger partial charge in [-0.3, -0.25) is 14.6 Å². The number of hydrogen-bond donors (Lipinski definition) is 5. The van der Waals surface area contributed by atoms with Crippen LogP contribution in [0.1, 0.15) is 101 Å². The minimum atomic E-state index is -1.20. The quantitative estimate of drug-likeness (QED) is 0.167. The number of nitrogens with one attached hydrogen (secondary N) is 2. The van der Waals surface area contributed by atoms with E-state index in [1.165, 1.54) is 0 Å². The molecule has 2 aliphatic heterocycles. The number of carboxylic acid groups (broad SMARTS) is 3. The molecule has 0 amide bonds. The summed E-state index contributed by atoms with van der Waals surface area (Å²) >= 11 is 0. The first-order chi connectivity index (χ1) is 20.9. The Labute approximate surface area is 270 Å². The molecule has 11 heteroatoms. The molecule has 3 aromatic heterocycles. The fraction of sp³-hybridized carbons (Fsp3) is 0.324. The molecule has 8 bridgehead atoms. The zero-order valence-electron chi connectivity index (χ0n) is 25.8. The second-order valence-electron chi connectivity index (χ2n) is 11.5. The van der Waals surface area contributed by atoms with E-state index in [9.17, 15) is 29.7 Å². The van der Waals surface area contributed by atoms with Gasteiger partial charge in [0.2, 0.25) is 0 Å². The summed E-state index contributed by atoms with van der Waals surface area (Å²) in [5.74, 6) is -4.08. The number of nitrogens with zero attached hydrogens (tertiary/aromatic N) is 2. The number of hydrogen-bond acceptors (Lipinski definition) is 5. The molecule has 0 spiro atoms. The van der Waals surface area contributed by atoms with Crippen LogP contribution in [0.15, 0.2) is 30.9 Å². The second-order valence-corrected chi connectivity index (χ2v) is 11.5. The number of carbonyl (C=O) groups is 3. The monoisotopic (exact) mass is 659 g/mol. The molecule has 5 rings (SSSR count). The second kappa shape index (κ2) is 12.9. The van der Waals surface area contributed by atoms with Crippen LogP contribution in [0.2, 0.25) is 0 Å². The zero-order valence-corrected chi connectivity index (χ0v) is 26.7. The minimum Gasteiger partial charge on any atom is -0.481 e. The molecule has 2 atom stereocenters. The Kier molecular flexibility index (Phi) is 9.56. The van der Waals surface area contributed by atoms with Crippen molar-refractivity contribution in [2.24, 2.45) is 0 Å². The molecule has 10 nitrogen and oxygen atoms in total. The van der Waals surface area contributed by atoms with Crippen molar-refractivity contribution in [2.45, 2.75) is 72.1 Å². The van der Waals surface area contributed by atoms with Crippen molar-refractivity contribution in [1.29, 1.82) is 0 Å². The normalized spacial score (nSPS) is 15.9. The maximum Gasteiger partial charge on any atom is 0.338 e. The van der Waals surface area contributed by atoms with Crippen molar-refractivity contribution >= 4 is 51.1 Å². The van der Waals surface area contributed by atoms with Gasteiger partial charge in [0, 0.05) is 68.7 Å². The third-order valence-corrected chi connectivity index (χ3v) is 8.95. The largest absolute Gasteiger partial charge is 0.481 e. The summed E-state index contributed by atoms with van der Waals surface area (Å²) in [5.41, 5.74) is 9.27. The Bertz CT molecular complexity index is 1950. The minimum absolute atomic E-state index is 0. The van der Waals surface area contributed by atoms with Crippen LogP contribution in [0.3, 0.4) is 0 Å². The molecule has 239 valence electrons. The third-order valence-electron chi connectivity index (χ3n) is 8.95. The first-order valence-corrected chi connectivity index (χ1v) is 14.6. The fourth-order valence-electron chi connectivity index (χ4n) is 6.53. The Morgan fingerprint density at radius 2 is 1.60 bits per heavy atom. The summed E-state index contributed by atoms with van der Waals surface area (Å²) in [6, 6.07) is 5.70. The standard InChI is InChI=1S/C34H36N4O6.Cu/c1-7-19-15(3)23-12-25-17(5)21(9-10-29(39)40)32(37-25)22(11-30(41)42)33-31(34(43)44)18(6)26(38-33)14-28-20(8-2)16(4)24(36-28)13-27(19)35-23;/h7,12-14,17,21,36,38H,1,8-11H2,2-6H3,(H,39,40)(H,41,42)(H,43,44);/t17-,21-;/m0./s1. The smallest absolute Gasteiger partial charge is 0.338 e. The average Bonchev–Trinajstić information content (AvgIpc) is 3.63. The van der Waals surface area contributed by atoms with Crippen LogP contribution in [0.25, 0.3) is 33.2 Å². The summed E-state index contributed by atoms with van der Waals surface area (Å²) in [5, 5.41) is 29.9. The van der Waals surface area contributed by atoms with E-state index < -0.39 is 30.2 Å². The van der Waals surface area contributed by atoms with Gasteiger partial charge >= 0.3 is 17.9 Å². The zero-order chi connectivity index (χ0) is 32.0. The first kappa shape index (κ1) is 33.4. The van der Waals surface area contributed by atoms with Gasteiger partial charge in [-0.15, -0.1) is 0 Å². The van der Waals surface area contributed by atoms with Crippen molar-refractivity contribution in [1.82, 2.24) is 19.9 Å². The van der Waals surface area contributed by atoms with Crippen molar-refractivity contribution in [2.75, 3.05) is 0 Å². The van der Waals surface area contributed by atoms with E-state index in [2.05, 4.69) is 16.5 Å². The summed E-state index contributed by atoms with van der Waals surface area (Å²) in [7, 11) is 0. The van der Waals surface area contributed by atoms with E-state index in [4.69, 9.17) is 9.97 Å². The van der Waals surface area contributed by atoms with Crippen LogP contribution in [0.4, 0.5) is 0 Å². The van der Waals surface area contributed by atoms with Crippen molar-refractivity contribution in [3.63, 3.8) is 0 Å². The van der Waals surface area contributed by atoms with E-state index in [-0.39, 0.29) is 52.5 Å². The van der Waals surface area contributed by atoms with Crippen LogP contribution in [0.5, 0.6) is 0 Å². The maximum atomic E-state index is 12.7. The van der Waals surface area contributed by atoms with Gasteiger partial charge in [-0.25, -0.2) is 9.78 Å². The third kappa shape index (κ3) is 5.98. The van der Waals surface area contributed by atoms with Gasteiger partial charge in [-0.1, -0.05) is 26.5 Å². The van der Waals surface area contributed by atoms with Crippen molar-refractivity contribution < 1.29 is 46.8 Å². The van der Waals surface area contributed by atoms with E-state index in [0.29, 0.717) is 28.2 Å². The van der Waals surface area contributed by atoms with Crippen LogP contribution in [0, 0.1) is 13.8 Å². The fourth-order valence-corrected chi connectivity index (χ4v) is 6.53. The number of fused-ring (bicyclic) bond motifs is 8. The van der Waals surface area contributed by atoms with Gasteiger partial charge in [0.15, 0.2) is 0 Å². The summed E-state index contributed by atoms with van der Waals surface area (Å²) in [6.45, 7) is 13.7. The van der Waals surface area contributed by atoms with E-state index in [0.717, 1.165) is 45.4 Å². The van der Waals surface area contributed by atoms with Crippen LogP contribution in [-0.2, 0) is 39.5 Å². The number of allylic oxidation sites excluding steroid dienone is 3. The molecule has 0 saturated heterocycles. The number of aryl methyl sites for hydroxylation is 3. The number of aromatic carboxylic acids is 1. The number of aliphatic carboxylic acids is 2. The van der Waals surface area contributed by atoms with E-state index >= 15 is 0 Å². The molecule has 3 aromatic rings. The van der Waals surface area contributed by atoms with Crippen molar-refractivity contribution in [3.8, 4) is 0 Å². The topological polar surface area (TPSA) is 169 Å². The van der Waals surface area contributed by atoms with Crippen LogP contribution in [-0.4, -0.2) is 53.2 Å². The Morgan fingerprint density at radius 1 is 0.911 bits per heavy atom. The van der Waals surface area contributed by atoms with Gasteiger partial charge in [0.25, 0.3) is 0 Å². The molecule has 0 saturated carbocycles. The SMILES string of the molecule is C=CC1=C(C)c2cc3nc(c(CC(=O)O)c4[nH]c(cc5[nH]c(cc1n2)c(C)c5CC)c(C)c4C(=O)O)[C@@H](CCC(=O)O)[C@@H]3C.[Cu]. The predicted molar refractivity (Wildman–Crippen MR) is 169 cm³/mol. The number of aromatic nitrogens is 4. The molecule has 2 aliphatic rings. The van der Waals surface area contributed by atoms with Gasteiger partial charge < -0.3 is 25.3 Å². The summed E-state index contributed by atoms with van der Waals surface area (Å²) in [4.78, 5) is 53.2. The summed E-state index contributed by atoms with van der Waals surface area (Å²) in [6.07, 6.45) is 2.04. The molecule has 1 radical (unpaired) electrons. The Hall–Kier alpha value is -4.47. The molecular weight excluding hydrogens is 624 g/mol. The number of rotatable bonds is 8. The molecule has 0 unspecified atom stereocenters. The molecular formula is C34H36CuN4O6. The number of carboxylic acids is 3. The molecule has 5 N–H and O–H groups in total. The molecule has 45 heavy (non-hydrogen) atoms. The molecule has 0 fully saturated rings. The summed E-state index contributed by atoms with van der Waals surface area (Å²) < 4.78 is 0. The van der Waals surface area contributed by atoms with E-state index in [1.54, 1.807) is 13.0 Å². The number of aromatic amines is 2. The van der Waals surface area contributed by atoms with Gasteiger partial charge in [-0.2, -0.15) is 0 Å². The molecule has 5 heterocycles. The number of H-pyrrole nitrogens is 2. The Balaban J connectivity index is 0.00000461. The van der Waals surface area contributed by atoms with Crippen LogP contribution >= 0.6 is 0 Å². The Morgan fingerprint density at radius 3 is 2.20 bits per heavy atom. The van der Waals surface area contributed by atoms with Gasteiger partial charge in [0.1, 0.15) is 0 Å². The van der Waals surface area contributed by atoms with Gasteiger partial charge in [-0.05, 0) is 74.1 Å². The molecule has 0 aliphatic carbocycles. The maximum absolute atomic E-state index is 12.7. The predicted octanol–water partition coefficient (Wildman–Crippen LogP) is 6.69. The average molecular weight is 660 g/mol. The van der Waals surface area contributed by atoms with Gasteiger partial charge in [0.05, 0.1) is 34.6 Å². The van der Waals surface area contributed by atoms with Crippen LogP contribution < -0.4 is 0 Å². The van der Waals surface area contributed by atoms with E-state index in [1.807, 2.05) is 45.9 Å². The van der Waals surface area contributed by atoms with Crippen molar-refractivity contribution in [3.05, 3.63) is 81.4 Å².